The Morgan fingerprint density at radius 1 is 1.21 bits per heavy atom. The molecule has 33 heavy (non-hydrogen) atoms. The molecule has 0 atom stereocenters. The number of carbonyl (C=O) groups is 1. The summed E-state index contributed by atoms with van der Waals surface area (Å²) in [6.07, 6.45) is 4.76. The summed E-state index contributed by atoms with van der Waals surface area (Å²) in [5, 5.41) is 18.8. The number of amidine groups is 1. The fraction of sp³-hybridized carbons (Fsp3) is 0.0833. The van der Waals surface area contributed by atoms with Gasteiger partial charge in [0.15, 0.2) is 0 Å². The second kappa shape index (κ2) is 9.31. The van der Waals surface area contributed by atoms with Gasteiger partial charge in [-0.2, -0.15) is 5.10 Å². The average Bonchev–Trinajstić information content (AvgIpc) is 3.22. The monoisotopic (exact) mass is 443 g/mol. The molecule has 0 fully saturated rings. The summed E-state index contributed by atoms with van der Waals surface area (Å²) in [5.74, 6) is -0.139. The number of hydrogen-bond donors (Lipinski definition) is 4. The lowest BCUT2D eigenvalue weighted by Crippen LogP contribution is -2.21. The summed E-state index contributed by atoms with van der Waals surface area (Å²) in [4.78, 5) is 16.2. The highest BCUT2D eigenvalue weighted by molar-refractivity contribution is 6.01. The van der Waals surface area contributed by atoms with Gasteiger partial charge in [0.2, 0.25) is 0 Å². The molecule has 0 saturated carbocycles. The van der Waals surface area contributed by atoms with Crippen LogP contribution in [-0.2, 0) is 6.54 Å². The minimum absolute atomic E-state index is 0.137. The predicted octanol–water partition coefficient (Wildman–Crippen LogP) is 3.50. The molecular formula is C24H22FN7O. The minimum atomic E-state index is -0.574. The zero-order chi connectivity index (χ0) is 23.4. The molecule has 0 aliphatic heterocycles. The number of halogens is 1. The van der Waals surface area contributed by atoms with E-state index in [0.717, 1.165) is 11.3 Å². The molecule has 0 bridgehead atoms. The zero-order valence-corrected chi connectivity index (χ0v) is 17.8. The molecule has 3 aromatic heterocycles. The van der Waals surface area contributed by atoms with E-state index in [1.165, 1.54) is 18.3 Å². The van der Waals surface area contributed by atoms with Gasteiger partial charge in [0.1, 0.15) is 17.5 Å². The SMILES string of the molecule is Cc1cccc(N/C(=C\C(=N)NCc2ccc(F)cc2)c2ccn3ncc(C(N)=O)c3c2)n1. The van der Waals surface area contributed by atoms with Crippen LogP contribution in [-0.4, -0.2) is 26.3 Å². The number of anilines is 1. The summed E-state index contributed by atoms with van der Waals surface area (Å²) in [6, 6.07) is 15.3. The van der Waals surface area contributed by atoms with Crippen molar-refractivity contribution < 1.29 is 9.18 Å². The summed E-state index contributed by atoms with van der Waals surface area (Å²) in [6.45, 7) is 2.25. The first kappa shape index (κ1) is 21.7. The Hall–Kier alpha value is -4.53. The fourth-order valence-electron chi connectivity index (χ4n) is 3.28. The van der Waals surface area contributed by atoms with Crippen LogP contribution in [0.25, 0.3) is 11.2 Å². The van der Waals surface area contributed by atoms with Gasteiger partial charge in [-0.25, -0.2) is 13.9 Å². The molecule has 4 aromatic rings. The van der Waals surface area contributed by atoms with E-state index < -0.39 is 5.91 Å². The number of nitrogens with zero attached hydrogens (tertiary/aromatic N) is 3. The van der Waals surface area contributed by atoms with E-state index in [0.29, 0.717) is 34.7 Å². The Balaban J connectivity index is 1.66. The van der Waals surface area contributed by atoms with Crippen molar-refractivity contribution in [2.24, 2.45) is 5.73 Å². The third-order valence-corrected chi connectivity index (χ3v) is 4.93. The second-order valence-corrected chi connectivity index (χ2v) is 7.41. The normalized spacial score (nSPS) is 11.4. The van der Waals surface area contributed by atoms with E-state index in [2.05, 4.69) is 20.7 Å². The number of carbonyl (C=O) groups excluding carboxylic acids is 1. The molecule has 1 amide bonds. The van der Waals surface area contributed by atoms with Crippen molar-refractivity contribution in [2.75, 3.05) is 5.32 Å². The lowest BCUT2D eigenvalue weighted by molar-refractivity contribution is 0.100. The number of pyridine rings is 2. The maximum atomic E-state index is 13.1. The molecule has 5 N–H and O–H groups in total. The molecule has 0 unspecified atom stereocenters. The highest BCUT2D eigenvalue weighted by atomic mass is 19.1. The van der Waals surface area contributed by atoms with Gasteiger partial charge >= 0.3 is 0 Å². The van der Waals surface area contributed by atoms with Crippen LogP contribution in [0.1, 0.15) is 27.2 Å². The maximum Gasteiger partial charge on any atom is 0.252 e. The van der Waals surface area contributed by atoms with Crippen molar-refractivity contribution in [1.82, 2.24) is 19.9 Å². The minimum Gasteiger partial charge on any atom is -0.366 e. The molecule has 4 rings (SSSR count). The van der Waals surface area contributed by atoms with Crippen LogP contribution in [0.15, 0.2) is 73.1 Å². The number of hydrogen-bond acceptors (Lipinski definition) is 5. The van der Waals surface area contributed by atoms with Crippen LogP contribution in [0.5, 0.6) is 0 Å². The largest absolute Gasteiger partial charge is 0.366 e. The van der Waals surface area contributed by atoms with Gasteiger partial charge in [0.25, 0.3) is 5.91 Å². The van der Waals surface area contributed by atoms with E-state index in [-0.39, 0.29) is 11.7 Å². The highest BCUT2D eigenvalue weighted by Gasteiger charge is 2.12. The highest BCUT2D eigenvalue weighted by Crippen LogP contribution is 2.21. The van der Waals surface area contributed by atoms with Crippen molar-refractivity contribution in [3.05, 3.63) is 101 Å². The second-order valence-electron chi connectivity index (χ2n) is 7.41. The van der Waals surface area contributed by atoms with Gasteiger partial charge < -0.3 is 16.4 Å². The van der Waals surface area contributed by atoms with Crippen LogP contribution in [0, 0.1) is 18.2 Å². The number of aryl methyl sites for hydroxylation is 1. The molecule has 1 aromatic carbocycles. The summed E-state index contributed by atoms with van der Waals surface area (Å²) in [5.41, 5.74) is 9.31. The number of aromatic nitrogens is 3. The van der Waals surface area contributed by atoms with E-state index in [1.807, 2.05) is 31.2 Å². The third-order valence-electron chi connectivity index (χ3n) is 4.93. The summed E-state index contributed by atoms with van der Waals surface area (Å²) in [7, 11) is 0. The van der Waals surface area contributed by atoms with Crippen molar-refractivity contribution in [3.63, 3.8) is 0 Å². The smallest absolute Gasteiger partial charge is 0.252 e. The zero-order valence-electron chi connectivity index (χ0n) is 17.8. The van der Waals surface area contributed by atoms with Crippen LogP contribution in [0.2, 0.25) is 0 Å². The van der Waals surface area contributed by atoms with Gasteiger partial charge in [-0.05, 0) is 48.9 Å². The first-order chi connectivity index (χ1) is 15.9. The summed E-state index contributed by atoms with van der Waals surface area (Å²) >= 11 is 0. The number of rotatable bonds is 7. The van der Waals surface area contributed by atoms with Gasteiger partial charge in [0, 0.05) is 30.1 Å². The quantitative estimate of drug-likeness (QED) is 0.257. The van der Waals surface area contributed by atoms with Crippen molar-refractivity contribution in [3.8, 4) is 0 Å². The molecule has 166 valence electrons. The van der Waals surface area contributed by atoms with Crippen LogP contribution >= 0.6 is 0 Å². The van der Waals surface area contributed by atoms with Gasteiger partial charge in [-0.1, -0.05) is 18.2 Å². The van der Waals surface area contributed by atoms with Gasteiger partial charge in [-0.3, -0.25) is 10.2 Å². The van der Waals surface area contributed by atoms with Crippen LogP contribution in [0.4, 0.5) is 10.2 Å². The molecule has 8 nitrogen and oxygen atoms in total. The van der Waals surface area contributed by atoms with Crippen molar-refractivity contribution in [2.45, 2.75) is 13.5 Å². The lowest BCUT2D eigenvalue weighted by atomic mass is 10.1. The third kappa shape index (κ3) is 5.21. The Morgan fingerprint density at radius 2 is 2.00 bits per heavy atom. The summed E-state index contributed by atoms with van der Waals surface area (Å²) < 4.78 is 14.7. The number of nitrogens with one attached hydrogen (secondary N) is 3. The number of amides is 1. The fourth-order valence-corrected chi connectivity index (χ4v) is 3.28. The van der Waals surface area contributed by atoms with E-state index in [1.54, 1.807) is 35.0 Å². The number of nitrogens with two attached hydrogens (primary N) is 1. The average molecular weight is 443 g/mol. The first-order valence-corrected chi connectivity index (χ1v) is 10.2. The van der Waals surface area contributed by atoms with Crippen molar-refractivity contribution >= 4 is 28.8 Å². The molecule has 0 radical (unpaired) electrons. The molecule has 0 saturated heterocycles. The first-order valence-electron chi connectivity index (χ1n) is 10.2. The van der Waals surface area contributed by atoms with E-state index >= 15 is 0 Å². The Morgan fingerprint density at radius 3 is 2.73 bits per heavy atom. The number of fused-ring (bicyclic) bond motifs is 1. The predicted molar refractivity (Wildman–Crippen MR) is 125 cm³/mol. The van der Waals surface area contributed by atoms with Crippen LogP contribution < -0.4 is 16.4 Å². The van der Waals surface area contributed by atoms with E-state index in [9.17, 15) is 9.18 Å². The Kier molecular flexibility index (Phi) is 6.12. The standard InChI is InChI=1S/C24H22FN7O/c1-15-3-2-4-23(30-15)31-20(12-22(26)28-13-16-5-7-18(25)8-6-16)17-9-10-32-21(11-17)19(14-29-32)24(27)33/h2-12,14H,13H2,1H3,(H2,26,28)(H2,27,33)(H,30,31)/b20-12-. The van der Waals surface area contributed by atoms with Gasteiger partial charge in [0.05, 0.1) is 23.0 Å². The number of benzene rings is 1. The molecular weight excluding hydrogens is 421 g/mol. The van der Waals surface area contributed by atoms with E-state index in [4.69, 9.17) is 11.1 Å². The van der Waals surface area contributed by atoms with Crippen LogP contribution in [0.3, 0.4) is 0 Å². The Labute approximate surface area is 189 Å². The molecule has 0 spiro atoms. The Bertz CT molecular complexity index is 1360. The molecule has 3 heterocycles. The topological polar surface area (TPSA) is 121 Å². The maximum absolute atomic E-state index is 13.1. The van der Waals surface area contributed by atoms with Crippen molar-refractivity contribution in [1.29, 1.82) is 5.41 Å². The molecule has 9 heteroatoms. The molecule has 0 aliphatic rings. The number of primary amides is 1. The molecule has 0 aliphatic carbocycles. The lowest BCUT2D eigenvalue weighted by Gasteiger charge is -2.13. The van der Waals surface area contributed by atoms with Gasteiger partial charge in [-0.15, -0.1) is 0 Å².